The zero-order valence-electron chi connectivity index (χ0n) is 11.2. The van der Waals surface area contributed by atoms with E-state index in [1.807, 2.05) is 0 Å². The molecule has 4 heteroatoms. The van der Waals surface area contributed by atoms with Crippen LogP contribution in [0.25, 0.3) is 0 Å². The van der Waals surface area contributed by atoms with Gasteiger partial charge < -0.3 is 10.6 Å². The second kappa shape index (κ2) is 6.99. The minimum absolute atomic E-state index is 0.221. The maximum absolute atomic E-state index is 13.5. The van der Waals surface area contributed by atoms with Crippen molar-refractivity contribution in [2.75, 3.05) is 10.6 Å². The van der Waals surface area contributed by atoms with Crippen molar-refractivity contribution in [1.82, 2.24) is 0 Å². The Kier molecular flexibility index (Phi) is 5.62. The van der Waals surface area contributed by atoms with Crippen molar-refractivity contribution in [2.24, 2.45) is 0 Å². The van der Waals surface area contributed by atoms with E-state index in [1.54, 1.807) is 12.1 Å². The number of carbonyl (C=O) groups excluding carboxylic acids is 1. The molecule has 18 heavy (non-hydrogen) atoms. The Morgan fingerprint density at radius 1 is 1.39 bits per heavy atom. The van der Waals surface area contributed by atoms with E-state index in [4.69, 9.17) is 0 Å². The molecule has 0 spiro atoms. The van der Waals surface area contributed by atoms with Crippen molar-refractivity contribution in [3.05, 3.63) is 24.0 Å². The van der Waals surface area contributed by atoms with E-state index in [0.717, 1.165) is 24.9 Å². The molecule has 100 valence electrons. The van der Waals surface area contributed by atoms with Gasteiger partial charge in [-0.15, -0.1) is 0 Å². The molecule has 1 unspecified atom stereocenters. The molecule has 0 aliphatic rings. The maximum Gasteiger partial charge on any atom is 0.221 e. The van der Waals surface area contributed by atoms with E-state index >= 15 is 0 Å². The van der Waals surface area contributed by atoms with Crippen molar-refractivity contribution in [3.8, 4) is 0 Å². The van der Waals surface area contributed by atoms with E-state index in [9.17, 15) is 9.18 Å². The molecule has 0 bridgehead atoms. The minimum Gasteiger partial charge on any atom is -0.382 e. The van der Waals surface area contributed by atoms with Crippen molar-refractivity contribution in [3.63, 3.8) is 0 Å². The molecule has 0 saturated carbocycles. The van der Waals surface area contributed by atoms with E-state index in [2.05, 4.69) is 24.5 Å². The first kappa shape index (κ1) is 14.5. The summed E-state index contributed by atoms with van der Waals surface area (Å²) in [4.78, 5) is 11.0. The molecule has 0 aliphatic heterocycles. The molecule has 1 aromatic carbocycles. The molecule has 1 aromatic rings. The summed E-state index contributed by atoms with van der Waals surface area (Å²) in [6.45, 7) is 5.62. The topological polar surface area (TPSA) is 41.1 Å². The highest BCUT2D eigenvalue weighted by Crippen LogP contribution is 2.21. The fourth-order valence-corrected chi connectivity index (χ4v) is 1.86. The standard InChI is InChI=1S/C14H21FN2O/c1-4-6-11(5-2)17-12-7-8-13(15)14(9-12)16-10(3)18/h7-9,11,17H,4-6H2,1-3H3,(H,16,18). The third-order valence-corrected chi connectivity index (χ3v) is 2.78. The van der Waals surface area contributed by atoms with Gasteiger partial charge in [0.1, 0.15) is 5.82 Å². The molecule has 1 rings (SSSR count). The predicted molar refractivity (Wildman–Crippen MR) is 73.3 cm³/mol. The van der Waals surface area contributed by atoms with Crippen LogP contribution >= 0.6 is 0 Å². The van der Waals surface area contributed by atoms with Gasteiger partial charge in [0, 0.05) is 18.7 Å². The molecular weight excluding hydrogens is 231 g/mol. The number of hydrogen-bond acceptors (Lipinski definition) is 2. The first-order valence-electron chi connectivity index (χ1n) is 6.40. The van der Waals surface area contributed by atoms with E-state index in [1.165, 1.54) is 13.0 Å². The highest BCUT2D eigenvalue weighted by molar-refractivity contribution is 5.89. The summed E-state index contributed by atoms with van der Waals surface area (Å²) in [6.07, 6.45) is 3.19. The first-order chi connectivity index (χ1) is 8.56. The van der Waals surface area contributed by atoms with E-state index < -0.39 is 5.82 Å². The Morgan fingerprint density at radius 2 is 2.11 bits per heavy atom. The third kappa shape index (κ3) is 4.35. The second-order valence-electron chi connectivity index (χ2n) is 4.41. The van der Waals surface area contributed by atoms with Gasteiger partial charge in [-0.05, 0) is 31.0 Å². The summed E-state index contributed by atoms with van der Waals surface area (Å²) in [5.41, 5.74) is 1.05. The molecule has 0 saturated heterocycles. The monoisotopic (exact) mass is 252 g/mol. The zero-order valence-corrected chi connectivity index (χ0v) is 11.2. The summed E-state index contributed by atoms with van der Waals surface area (Å²) < 4.78 is 13.5. The van der Waals surface area contributed by atoms with Gasteiger partial charge in [0.05, 0.1) is 5.69 Å². The second-order valence-corrected chi connectivity index (χ2v) is 4.41. The van der Waals surface area contributed by atoms with Gasteiger partial charge in [0.2, 0.25) is 5.91 Å². The predicted octanol–water partition coefficient (Wildman–Crippen LogP) is 3.77. The molecule has 0 radical (unpaired) electrons. The lowest BCUT2D eigenvalue weighted by molar-refractivity contribution is -0.114. The van der Waals surface area contributed by atoms with Gasteiger partial charge in [-0.3, -0.25) is 4.79 Å². The summed E-state index contributed by atoms with van der Waals surface area (Å²) in [7, 11) is 0. The Balaban J connectivity index is 2.80. The van der Waals surface area contributed by atoms with Crippen LogP contribution in [-0.4, -0.2) is 11.9 Å². The van der Waals surface area contributed by atoms with Crippen molar-refractivity contribution < 1.29 is 9.18 Å². The lowest BCUT2D eigenvalue weighted by Crippen LogP contribution is -2.18. The fraction of sp³-hybridized carbons (Fsp3) is 0.500. The minimum atomic E-state index is -0.417. The maximum atomic E-state index is 13.5. The molecule has 0 heterocycles. The molecule has 0 aromatic heterocycles. The molecule has 3 nitrogen and oxygen atoms in total. The lowest BCUT2D eigenvalue weighted by Gasteiger charge is -2.18. The lowest BCUT2D eigenvalue weighted by atomic mass is 10.1. The van der Waals surface area contributed by atoms with Crippen LogP contribution in [0.2, 0.25) is 0 Å². The summed E-state index contributed by atoms with van der Waals surface area (Å²) in [5, 5.41) is 5.84. The highest BCUT2D eigenvalue weighted by atomic mass is 19.1. The molecule has 0 fully saturated rings. The number of anilines is 2. The SMILES string of the molecule is CCCC(CC)Nc1ccc(F)c(NC(C)=O)c1. The van der Waals surface area contributed by atoms with Crippen LogP contribution in [0.3, 0.4) is 0 Å². The Hall–Kier alpha value is -1.58. The summed E-state index contributed by atoms with van der Waals surface area (Å²) in [5.74, 6) is -0.689. The van der Waals surface area contributed by atoms with Gasteiger partial charge in [-0.1, -0.05) is 20.3 Å². The van der Waals surface area contributed by atoms with Gasteiger partial charge in [-0.2, -0.15) is 0 Å². The number of nitrogens with one attached hydrogen (secondary N) is 2. The number of halogens is 1. The zero-order chi connectivity index (χ0) is 13.5. The van der Waals surface area contributed by atoms with Crippen LogP contribution in [0, 0.1) is 5.82 Å². The number of rotatable bonds is 6. The molecule has 0 aliphatic carbocycles. The number of carbonyl (C=O) groups is 1. The smallest absolute Gasteiger partial charge is 0.221 e. The van der Waals surface area contributed by atoms with Gasteiger partial charge >= 0.3 is 0 Å². The van der Waals surface area contributed by atoms with Crippen LogP contribution < -0.4 is 10.6 Å². The van der Waals surface area contributed by atoms with Crippen molar-refractivity contribution >= 4 is 17.3 Å². The van der Waals surface area contributed by atoms with Crippen molar-refractivity contribution in [2.45, 2.75) is 46.1 Å². The van der Waals surface area contributed by atoms with Crippen LogP contribution in [-0.2, 0) is 4.79 Å². The van der Waals surface area contributed by atoms with E-state index in [0.29, 0.717) is 6.04 Å². The molecule has 1 amide bonds. The van der Waals surface area contributed by atoms with Gasteiger partial charge in [-0.25, -0.2) is 4.39 Å². The summed E-state index contributed by atoms with van der Waals surface area (Å²) >= 11 is 0. The Morgan fingerprint density at radius 3 is 2.67 bits per heavy atom. The van der Waals surface area contributed by atoms with E-state index in [-0.39, 0.29) is 11.6 Å². The van der Waals surface area contributed by atoms with Crippen LogP contribution in [0.15, 0.2) is 18.2 Å². The molecule has 2 N–H and O–H groups in total. The van der Waals surface area contributed by atoms with Crippen LogP contribution in [0.4, 0.5) is 15.8 Å². The Bertz CT molecular complexity index is 407. The number of benzene rings is 1. The van der Waals surface area contributed by atoms with Crippen LogP contribution in [0.1, 0.15) is 40.0 Å². The van der Waals surface area contributed by atoms with Crippen LogP contribution in [0.5, 0.6) is 0 Å². The summed E-state index contributed by atoms with van der Waals surface area (Å²) in [6, 6.07) is 5.07. The van der Waals surface area contributed by atoms with Crippen molar-refractivity contribution in [1.29, 1.82) is 0 Å². The highest BCUT2D eigenvalue weighted by Gasteiger charge is 2.08. The normalized spacial score (nSPS) is 12.0. The average molecular weight is 252 g/mol. The Labute approximate surface area is 108 Å². The largest absolute Gasteiger partial charge is 0.382 e. The third-order valence-electron chi connectivity index (χ3n) is 2.78. The fourth-order valence-electron chi connectivity index (χ4n) is 1.86. The van der Waals surface area contributed by atoms with Gasteiger partial charge in [0.25, 0.3) is 0 Å². The average Bonchev–Trinajstić information content (AvgIpc) is 2.32. The van der Waals surface area contributed by atoms with Gasteiger partial charge in [0.15, 0.2) is 0 Å². The molecule has 1 atom stereocenters. The first-order valence-corrected chi connectivity index (χ1v) is 6.40. The number of amides is 1. The molecular formula is C14H21FN2O. The number of hydrogen-bond donors (Lipinski definition) is 2. The quantitative estimate of drug-likeness (QED) is 0.809.